The van der Waals surface area contributed by atoms with E-state index in [-0.39, 0.29) is 5.54 Å². The number of aryl methyl sites for hydroxylation is 1. The van der Waals surface area contributed by atoms with Crippen molar-refractivity contribution in [1.82, 2.24) is 14.7 Å². The monoisotopic (exact) mass is 295 g/mol. The topological polar surface area (TPSA) is 48.8 Å². The summed E-state index contributed by atoms with van der Waals surface area (Å²) in [6.45, 7) is 6.77. The first kappa shape index (κ1) is 15.0. The molecule has 118 valence electrons. The molecule has 1 aromatic heterocycles. The minimum absolute atomic E-state index is 0.0693. The number of hydrogen-bond donors (Lipinski definition) is 0. The number of ether oxygens (including phenoxy) is 3. The fraction of sp³-hybridized carbons (Fsp3) is 0.800. The molecule has 0 bridgehead atoms. The van der Waals surface area contributed by atoms with Gasteiger partial charge in [0.2, 0.25) is 0 Å². The van der Waals surface area contributed by atoms with Crippen molar-refractivity contribution in [3.63, 3.8) is 0 Å². The second-order valence-corrected chi connectivity index (χ2v) is 5.89. The Hall–Kier alpha value is -0.950. The van der Waals surface area contributed by atoms with Crippen LogP contribution >= 0.6 is 0 Å². The lowest BCUT2D eigenvalue weighted by Gasteiger charge is -2.43. The number of morpholine rings is 1. The van der Waals surface area contributed by atoms with E-state index in [0.29, 0.717) is 0 Å². The predicted octanol–water partition coefficient (Wildman–Crippen LogP) is 0.911. The van der Waals surface area contributed by atoms with Crippen LogP contribution in [0.5, 0.6) is 0 Å². The molecule has 0 aliphatic carbocycles. The molecule has 1 aromatic rings. The molecule has 0 radical (unpaired) electrons. The van der Waals surface area contributed by atoms with E-state index in [2.05, 4.69) is 20.7 Å². The third-order valence-corrected chi connectivity index (χ3v) is 4.51. The van der Waals surface area contributed by atoms with Gasteiger partial charge >= 0.3 is 0 Å². The molecule has 2 saturated heterocycles. The molecule has 6 heteroatoms. The van der Waals surface area contributed by atoms with Gasteiger partial charge in [-0.15, -0.1) is 0 Å². The zero-order chi connectivity index (χ0) is 14.5. The summed E-state index contributed by atoms with van der Waals surface area (Å²) >= 11 is 0. The van der Waals surface area contributed by atoms with Gasteiger partial charge in [0.05, 0.1) is 31.1 Å². The van der Waals surface area contributed by atoms with Crippen molar-refractivity contribution in [3.05, 3.63) is 18.0 Å². The van der Waals surface area contributed by atoms with E-state index in [1.807, 2.05) is 6.20 Å². The van der Waals surface area contributed by atoms with Gasteiger partial charge in [0.25, 0.3) is 0 Å². The lowest BCUT2D eigenvalue weighted by molar-refractivity contribution is -0.0758. The highest BCUT2D eigenvalue weighted by atomic mass is 16.5. The van der Waals surface area contributed by atoms with E-state index in [4.69, 9.17) is 14.2 Å². The van der Waals surface area contributed by atoms with Crippen molar-refractivity contribution in [2.45, 2.75) is 31.5 Å². The van der Waals surface area contributed by atoms with E-state index in [1.54, 1.807) is 7.11 Å². The molecule has 21 heavy (non-hydrogen) atoms. The molecule has 0 unspecified atom stereocenters. The standard InChI is InChI=1S/C15H25N3O3/c1-19-8-2-6-18-14(3-5-16-18)11-17-7-10-21-13-15(17)4-9-20-12-15/h3,5H,2,4,6-13H2,1H3/t15-/m1/s1. The van der Waals surface area contributed by atoms with Crippen molar-refractivity contribution >= 4 is 0 Å². The van der Waals surface area contributed by atoms with Crippen LogP contribution in [0.15, 0.2) is 12.3 Å². The van der Waals surface area contributed by atoms with E-state index in [9.17, 15) is 0 Å². The summed E-state index contributed by atoms with van der Waals surface area (Å²) in [6, 6.07) is 2.12. The van der Waals surface area contributed by atoms with Gasteiger partial charge < -0.3 is 14.2 Å². The first-order valence-corrected chi connectivity index (χ1v) is 7.74. The molecule has 6 nitrogen and oxygen atoms in total. The Morgan fingerprint density at radius 2 is 2.19 bits per heavy atom. The fourth-order valence-electron chi connectivity index (χ4n) is 3.22. The van der Waals surface area contributed by atoms with Crippen molar-refractivity contribution < 1.29 is 14.2 Å². The van der Waals surface area contributed by atoms with Crippen LogP contribution in [0, 0.1) is 0 Å². The van der Waals surface area contributed by atoms with Crippen LogP contribution in [-0.4, -0.2) is 66.9 Å². The minimum atomic E-state index is 0.0693. The minimum Gasteiger partial charge on any atom is -0.385 e. The Morgan fingerprint density at radius 1 is 1.33 bits per heavy atom. The highest BCUT2D eigenvalue weighted by molar-refractivity contribution is 5.05. The normalized spacial score (nSPS) is 26.7. The third-order valence-electron chi connectivity index (χ3n) is 4.51. The van der Waals surface area contributed by atoms with Crippen molar-refractivity contribution in [2.75, 3.05) is 46.7 Å². The molecule has 3 heterocycles. The highest BCUT2D eigenvalue weighted by Gasteiger charge is 2.43. The lowest BCUT2D eigenvalue weighted by atomic mass is 9.95. The molecule has 2 fully saturated rings. The summed E-state index contributed by atoms with van der Waals surface area (Å²) < 4.78 is 18.6. The second-order valence-electron chi connectivity index (χ2n) is 5.89. The number of hydrogen-bond acceptors (Lipinski definition) is 5. The van der Waals surface area contributed by atoms with E-state index in [1.165, 1.54) is 5.69 Å². The summed E-state index contributed by atoms with van der Waals surface area (Å²) in [6.07, 6.45) is 3.94. The molecule has 1 atom stereocenters. The molecule has 0 aromatic carbocycles. The Kier molecular flexibility index (Phi) is 4.90. The maximum atomic E-state index is 5.71. The zero-order valence-electron chi connectivity index (χ0n) is 12.8. The Balaban J connectivity index is 1.66. The van der Waals surface area contributed by atoms with Crippen molar-refractivity contribution in [3.8, 4) is 0 Å². The summed E-state index contributed by atoms with van der Waals surface area (Å²) in [5, 5.41) is 4.44. The maximum absolute atomic E-state index is 5.71. The van der Waals surface area contributed by atoms with Gasteiger partial charge in [-0.05, 0) is 18.9 Å². The van der Waals surface area contributed by atoms with E-state index in [0.717, 1.165) is 65.5 Å². The van der Waals surface area contributed by atoms with Gasteiger partial charge in [0.1, 0.15) is 0 Å². The van der Waals surface area contributed by atoms with Gasteiger partial charge in [-0.2, -0.15) is 5.10 Å². The quantitative estimate of drug-likeness (QED) is 0.730. The van der Waals surface area contributed by atoms with Crippen LogP contribution < -0.4 is 0 Å². The summed E-state index contributed by atoms with van der Waals surface area (Å²) in [7, 11) is 1.74. The van der Waals surface area contributed by atoms with E-state index < -0.39 is 0 Å². The van der Waals surface area contributed by atoms with Crippen molar-refractivity contribution in [1.29, 1.82) is 0 Å². The van der Waals surface area contributed by atoms with Crippen LogP contribution in [-0.2, 0) is 27.3 Å². The molecular weight excluding hydrogens is 270 g/mol. The second kappa shape index (κ2) is 6.87. The molecule has 3 rings (SSSR count). The summed E-state index contributed by atoms with van der Waals surface area (Å²) in [5.74, 6) is 0. The largest absolute Gasteiger partial charge is 0.385 e. The number of nitrogens with zero attached hydrogens (tertiary/aromatic N) is 3. The Labute approximate surface area is 126 Å². The maximum Gasteiger partial charge on any atom is 0.0704 e. The van der Waals surface area contributed by atoms with E-state index >= 15 is 0 Å². The van der Waals surface area contributed by atoms with Crippen LogP contribution in [0.4, 0.5) is 0 Å². The number of rotatable bonds is 6. The predicted molar refractivity (Wildman–Crippen MR) is 78.1 cm³/mol. The average molecular weight is 295 g/mol. The number of methoxy groups -OCH3 is 1. The van der Waals surface area contributed by atoms with Crippen LogP contribution in [0.25, 0.3) is 0 Å². The first-order chi connectivity index (χ1) is 10.3. The summed E-state index contributed by atoms with van der Waals surface area (Å²) in [5.41, 5.74) is 1.33. The molecule has 0 saturated carbocycles. The number of aromatic nitrogens is 2. The van der Waals surface area contributed by atoms with Gasteiger partial charge in [0, 0.05) is 46.2 Å². The smallest absolute Gasteiger partial charge is 0.0704 e. The van der Waals surface area contributed by atoms with Gasteiger partial charge in [-0.1, -0.05) is 0 Å². The molecule has 1 spiro atoms. The lowest BCUT2D eigenvalue weighted by Crippen LogP contribution is -2.57. The zero-order valence-corrected chi connectivity index (χ0v) is 12.8. The average Bonchev–Trinajstić information content (AvgIpc) is 3.13. The Bertz CT molecular complexity index is 443. The molecule has 2 aliphatic heterocycles. The van der Waals surface area contributed by atoms with Gasteiger partial charge in [0.15, 0.2) is 0 Å². The van der Waals surface area contributed by atoms with Crippen LogP contribution in [0.3, 0.4) is 0 Å². The van der Waals surface area contributed by atoms with Gasteiger partial charge in [-0.25, -0.2) is 0 Å². The molecular formula is C15H25N3O3. The summed E-state index contributed by atoms with van der Waals surface area (Å²) in [4.78, 5) is 2.52. The van der Waals surface area contributed by atoms with Crippen LogP contribution in [0.1, 0.15) is 18.5 Å². The first-order valence-electron chi connectivity index (χ1n) is 7.74. The Morgan fingerprint density at radius 3 is 3.00 bits per heavy atom. The highest BCUT2D eigenvalue weighted by Crippen LogP contribution is 2.30. The SMILES string of the molecule is COCCCn1nccc1CN1CCOC[C@]12CCOC2. The molecule has 2 aliphatic rings. The molecule has 0 amide bonds. The third kappa shape index (κ3) is 3.29. The molecule has 0 N–H and O–H groups in total. The van der Waals surface area contributed by atoms with Crippen LogP contribution in [0.2, 0.25) is 0 Å². The fourth-order valence-corrected chi connectivity index (χ4v) is 3.22. The van der Waals surface area contributed by atoms with Gasteiger partial charge in [-0.3, -0.25) is 9.58 Å². The van der Waals surface area contributed by atoms with Crippen molar-refractivity contribution in [2.24, 2.45) is 0 Å².